The maximum absolute atomic E-state index is 14.3. The summed E-state index contributed by atoms with van der Waals surface area (Å²) in [4.78, 5) is 43.0. The Hall–Kier alpha value is -4.28. The van der Waals surface area contributed by atoms with E-state index in [1.165, 1.54) is 10.0 Å². The highest BCUT2D eigenvalue weighted by molar-refractivity contribution is 6.36. The van der Waals surface area contributed by atoms with E-state index in [4.69, 9.17) is 51.5 Å². The normalized spacial score (nSPS) is 23.9. The molecule has 0 radical (unpaired) electrons. The standard InChI is InChI=1S/C36H26Cl4N6O3/c37-22-12-11-20(27(39)16-22)15-21-7-3-9-26-31(21)42-46(33(26)25-14-13-23(38)17-28(25)40)30(47)18-44-34-32(41-43-44)35(48)45(36(34)49)29-10-4-6-19-5-1-2-8-24(19)29/h1-2,4-6,8,10-17,26,32-34H,3,7,9,18H2. The molecule has 0 spiro atoms. The molecule has 2 fully saturated rings. The van der Waals surface area contributed by atoms with E-state index in [0.29, 0.717) is 31.3 Å². The van der Waals surface area contributed by atoms with Gasteiger partial charge in [-0.2, -0.15) is 10.2 Å². The van der Waals surface area contributed by atoms with Crippen LogP contribution in [0.5, 0.6) is 0 Å². The number of hydrogen-bond acceptors (Lipinski definition) is 7. The quantitative estimate of drug-likeness (QED) is 0.192. The zero-order chi connectivity index (χ0) is 34.0. The van der Waals surface area contributed by atoms with Gasteiger partial charge in [-0.05, 0) is 77.8 Å². The molecule has 3 aliphatic heterocycles. The molecule has 4 aliphatic rings. The molecule has 0 aromatic heterocycles. The molecule has 1 aliphatic carbocycles. The van der Waals surface area contributed by atoms with Gasteiger partial charge in [-0.25, -0.2) is 9.91 Å². The third-order valence-corrected chi connectivity index (χ3v) is 10.6. The molecule has 0 bridgehead atoms. The molecular weight excluding hydrogens is 706 g/mol. The molecule has 4 unspecified atom stereocenters. The Kier molecular flexibility index (Phi) is 8.19. The number of rotatable bonds is 5. The summed E-state index contributed by atoms with van der Waals surface area (Å²) in [5, 5.41) is 19.5. The maximum atomic E-state index is 14.3. The highest BCUT2D eigenvalue weighted by atomic mass is 35.5. The van der Waals surface area contributed by atoms with Crippen LogP contribution in [0.4, 0.5) is 5.69 Å². The van der Waals surface area contributed by atoms with E-state index in [9.17, 15) is 14.4 Å². The van der Waals surface area contributed by atoms with E-state index in [-0.39, 0.29) is 12.5 Å². The molecule has 246 valence electrons. The summed E-state index contributed by atoms with van der Waals surface area (Å²) in [6.45, 7) is -0.333. The number of anilines is 1. The first kappa shape index (κ1) is 32.0. The number of carbonyl (C=O) groups excluding carboxylic acids is 3. The van der Waals surface area contributed by atoms with Crippen molar-refractivity contribution < 1.29 is 14.4 Å². The number of carbonyl (C=O) groups is 3. The molecule has 9 nitrogen and oxygen atoms in total. The number of halogens is 4. The van der Waals surface area contributed by atoms with Crippen molar-refractivity contribution in [3.8, 4) is 0 Å². The zero-order valence-corrected chi connectivity index (χ0v) is 28.7. The van der Waals surface area contributed by atoms with Crippen molar-refractivity contribution in [2.75, 3.05) is 11.4 Å². The molecule has 3 amide bonds. The van der Waals surface area contributed by atoms with Crippen LogP contribution in [0.25, 0.3) is 16.8 Å². The number of allylic oxidation sites excluding steroid dienone is 1. The van der Waals surface area contributed by atoms with Gasteiger partial charge in [-0.15, -0.1) is 0 Å². The van der Waals surface area contributed by atoms with Gasteiger partial charge >= 0.3 is 0 Å². The highest BCUT2D eigenvalue weighted by Crippen LogP contribution is 2.47. The third-order valence-electron chi connectivity index (χ3n) is 9.49. The first-order valence-corrected chi connectivity index (χ1v) is 17.3. The number of benzene rings is 4. The minimum atomic E-state index is -1.06. The van der Waals surface area contributed by atoms with Crippen LogP contribution in [0.1, 0.15) is 36.4 Å². The van der Waals surface area contributed by atoms with Crippen LogP contribution in [0.2, 0.25) is 20.1 Å². The molecule has 49 heavy (non-hydrogen) atoms. The Labute approximate surface area is 301 Å². The van der Waals surface area contributed by atoms with Crippen LogP contribution in [-0.2, 0) is 14.4 Å². The number of hydrazone groups is 1. The molecule has 4 aromatic rings. The minimum Gasteiger partial charge on any atom is -0.271 e. The Balaban J connectivity index is 1.12. The van der Waals surface area contributed by atoms with Crippen LogP contribution >= 0.6 is 46.4 Å². The van der Waals surface area contributed by atoms with E-state index in [0.717, 1.165) is 51.8 Å². The fourth-order valence-electron chi connectivity index (χ4n) is 7.27. The number of hydrogen-bond donors (Lipinski definition) is 0. The van der Waals surface area contributed by atoms with E-state index >= 15 is 0 Å². The van der Waals surface area contributed by atoms with Gasteiger partial charge in [0, 0.05) is 31.4 Å². The van der Waals surface area contributed by atoms with Crippen molar-refractivity contribution in [1.29, 1.82) is 0 Å². The fraction of sp³-hybridized carbons (Fsp3) is 0.222. The molecule has 4 atom stereocenters. The lowest BCUT2D eigenvalue weighted by Crippen LogP contribution is -2.45. The lowest BCUT2D eigenvalue weighted by molar-refractivity contribution is -0.136. The van der Waals surface area contributed by atoms with E-state index in [1.807, 2.05) is 48.5 Å². The SMILES string of the molecule is O=C1C2N=NN(CC(=O)N3N=C4C(=Cc5ccc(Cl)cc5Cl)CCCC4C3c3ccc(Cl)cc3Cl)C2C(=O)N1c1cccc2ccccc12. The summed E-state index contributed by atoms with van der Waals surface area (Å²) < 4.78 is 0. The number of amides is 3. The second-order valence-corrected chi connectivity index (χ2v) is 14.1. The number of fused-ring (bicyclic) bond motifs is 3. The van der Waals surface area contributed by atoms with Gasteiger partial charge < -0.3 is 0 Å². The van der Waals surface area contributed by atoms with Crippen molar-refractivity contribution in [1.82, 2.24) is 10.0 Å². The summed E-state index contributed by atoms with van der Waals surface area (Å²) in [5.74, 6) is -1.57. The van der Waals surface area contributed by atoms with Gasteiger partial charge in [0.15, 0.2) is 12.1 Å². The molecule has 8 rings (SSSR count). The molecule has 0 N–H and O–H groups in total. The van der Waals surface area contributed by atoms with Gasteiger partial charge in [0.2, 0.25) is 0 Å². The number of imide groups is 1. The van der Waals surface area contributed by atoms with Crippen molar-refractivity contribution in [3.63, 3.8) is 0 Å². The summed E-state index contributed by atoms with van der Waals surface area (Å²) in [6.07, 6.45) is 4.35. The van der Waals surface area contributed by atoms with Gasteiger partial charge in [-0.1, -0.05) is 100 Å². The first-order chi connectivity index (χ1) is 23.7. The fourth-order valence-corrected chi connectivity index (χ4v) is 8.25. The van der Waals surface area contributed by atoms with Gasteiger partial charge in [0.1, 0.15) is 6.54 Å². The highest BCUT2D eigenvalue weighted by Gasteiger charge is 2.56. The lowest BCUT2D eigenvalue weighted by atomic mass is 9.77. The van der Waals surface area contributed by atoms with Gasteiger partial charge in [0.25, 0.3) is 17.7 Å². The monoisotopic (exact) mass is 730 g/mol. The van der Waals surface area contributed by atoms with Crippen LogP contribution in [0.3, 0.4) is 0 Å². The van der Waals surface area contributed by atoms with Crippen LogP contribution in [-0.4, -0.2) is 52.1 Å². The van der Waals surface area contributed by atoms with Crippen molar-refractivity contribution in [2.45, 2.75) is 37.4 Å². The molecular formula is C36H26Cl4N6O3. The van der Waals surface area contributed by atoms with Crippen LogP contribution in [0.15, 0.2) is 99.9 Å². The van der Waals surface area contributed by atoms with Crippen LogP contribution in [0, 0.1) is 5.92 Å². The average molecular weight is 732 g/mol. The summed E-state index contributed by atoms with van der Waals surface area (Å²) in [6, 6.07) is 20.8. The first-order valence-electron chi connectivity index (χ1n) is 15.7. The molecule has 13 heteroatoms. The third kappa shape index (κ3) is 5.49. The summed E-state index contributed by atoms with van der Waals surface area (Å²) in [7, 11) is 0. The summed E-state index contributed by atoms with van der Waals surface area (Å²) >= 11 is 25.7. The van der Waals surface area contributed by atoms with E-state index in [1.54, 1.807) is 36.4 Å². The second-order valence-electron chi connectivity index (χ2n) is 12.4. The largest absolute Gasteiger partial charge is 0.271 e. The predicted octanol–water partition coefficient (Wildman–Crippen LogP) is 8.57. The minimum absolute atomic E-state index is 0.168. The molecule has 1 saturated carbocycles. The van der Waals surface area contributed by atoms with Crippen molar-refractivity contribution in [3.05, 3.63) is 116 Å². The van der Waals surface area contributed by atoms with Crippen molar-refractivity contribution in [2.24, 2.45) is 21.4 Å². The predicted molar refractivity (Wildman–Crippen MR) is 191 cm³/mol. The molecule has 3 heterocycles. The topological polar surface area (TPSA) is 98.0 Å². The molecule has 1 saturated heterocycles. The van der Waals surface area contributed by atoms with Gasteiger partial charge in [-0.3, -0.25) is 19.4 Å². The smallest absolute Gasteiger partial charge is 0.264 e. The van der Waals surface area contributed by atoms with E-state index < -0.39 is 35.8 Å². The Morgan fingerprint density at radius 2 is 1.61 bits per heavy atom. The summed E-state index contributed by atoms with van der Waals surface area (Å²) in [5.41, 5.74) is 3.67. The zero-order valence-electron chi connectivity index (χ0n) is 25.6. The maximum Gasteiger partial charge on any atom is 0.264 e. The van der Waals surface area contributed by atoms with Crippen LogP contribution < -0.4 is 4.90 Å². The average Bonchev–Trinajstić information content (AvgIpc) is 3.75. The molecule has 4 aromatic carbocycles. The van der Waals surface area contributed by atoms with Crippen molar-refractivity contribution >= 4 is 92.4 Å². The van der Waals surface area contributed by atoms with Gasteiger partial charge in [0.05, 0.1) is 17.4 Å². The van der Waals surface area contributed by atoms with E-state index in [2.05, 4.69) is 10.3 Å². The second kappa shape index (κ2) is 12.6. The lowest BCUT2D eigenvalue weighted by Gasteiger charge is -2.31. The Bertz CT molecular complexity index is 2160. The Morgan fingerprint density at radius 3 is 2.41 bits per heavy atom. The number of nitrogens with zero attached hydrogens (tertiary/aromatic N) is 6. The Morgan fingerprint density at radius 1 is 0.857 bits per heavy atom.